The largest absolute Gasteiger partial charge is 0.481 e. The number of carbonyl (C=O) groups is 3. The summed E-state index contributed by atoms with van der Waals surface area (Å²) in [5.41, 5.74) is 0.423. The quantitative estimate of drug-likeness (QED) is 0.177. The number of fused-ring (bicyclic) bond motifs is 7. The lowest BCUT2D eigenvalue weighted by Gasteiger charge is -2.72. The number of aliphatic carboxylic acids is 1. The van der Waals surface area contributed by atoms with Crippen LogP contribution in [0.2, 0.25) is 0 Å². The van der Waals surface area contributed by atoms with Crippen LogP contribution in [0.1, 0.15) is 127 Å². The van der Waals surface area contributed by atoms with Crippen LogP contribution < -0.4 is 0 Å². The summed E-state index contributed by atoms with van der Waals surface area (Å²) in [7, 11) is 3.41. The number of aliphatic hydroxyl groups is 1. The Bertz CT molecular complexity index is 1390. The second kappa shape index (κ2) is 14.7. The van der Waals surface area contributed by atoms with Gasteiger partial charge in [-0.3, -0.25) is 19.3 Å². The van der Waals surface area contributed by atoms with Gasteiger partial charge in [0, 0.05) is 51.1 Å². The molecule has 4 saturated carbocycles. The number of carbonyl (C=O) groups excluding carboxylic acids is 2. The SMILES string of the molecule is COCCN(CCOC)C[C@@H](O)[C@@]12CC[C@]3(C)[C@H](CC[C@@H]4[C@@]5(C)CC[C@H](OC(=O)CC(C)(C)C(=O)O)C(C)(C)[C@@H]5CC[C@]43C)C1=C(C(C)C)C(=O)C2. The first-order valence-corrected chi connectivity index (χ1v) is 20.2. The number of ketones is 1. The number of nitrogens with zero attached hydrogens (tertiary/aromatic N) is 1. The van der Waals surface area contributed by atoms with Gasteiger partial charge in [-0.05, 0) is 111 Å². The molecule has 0 saturated heterocycles. The van der Waals surface area contributed by atoms with Gasteiger partial charge in [-0.2, -0.15) is 0 Å². The molecule has 0 radical (unpaired) electrons. The van der Waals surface area contributed by atoms with Gasteiger partial charge in [0.2, 0.25) is 0 Å². The van der Waals surface area contributed by atoms with Gasteiger partial charge in [0.15, 0.2) is 5.78 Å². The van der Waals surface area contributed by atoms with Crippen LogP contribution in [0.5, 0.6) is 0 Å². The Morgan fingerprint density at radius 2 is 1.52 bits per heavy atom. The molecule has 0 aliphatic heterocycles. The van der Waals surface area contributed by atoms with Crippen LogP contribution in [0.3, 0.4) is 0 Å². The Morgan fingerprint density at radius 3 is 2.10 bits per heavy atom. The van der Waals surface area contributed by atoms with Gasteiger partial charge in [0.25, 0.3) is 0 Å². The summed E-state index contributed by atoms with van der Waals surface area (Å²) in [4.78, 5) is 41.2. The summed E-state index contributed by atoms with van der Waals surface area (Å²) in [5, 5.41) is 22.0. The van der Waals surface area contributed by atoms with Crippen molar-refractivity contribution in [3.8, 4) is 0 Å². The fourth-order valence-corrected chi connectivity index (χ4v) is 13.1. The molecule has 0 heterocycles. The average molecular weight is 730 g/mol. The minimum atomic E-state index is -1.17. The number of allylic oxidation sites excluding steroid dienone is 1. The number of hydrogen-bond donors (Lipinski definition) is 2. The summed E-state index contributed by atoms with van der Waals surface area (Å²) in [6, 6.07) is 0. The molecule has 9 nitrogen and oxygen atoms in total. The molecule has 5 aliphatic rings. The Hall–Kier alpha value is -1.81. The minimum Gasteiger partial charge on any atom is -0.481 e. The van der Waals surface area contributed by atoms with Crippen LogP contribution in [0.25, 0.3) is 0 Å². The highest BCUT2D eigenvalue weighted by Gasteiger charge is 2.70. The second-order valence-corrected chi connectivity index (χ2v) is 19.9. The molecule has 2 N–H and O–H groups in total. The molecular formula is C43H71NO8. The molecule has 0 amide bonds. The van der Waals surface area contributed by atoms with Crippen molar-refractivity contribution >= 4 is 17.7 Å². The van der Waals surface area contributed by atoms with Crippen molar-refractivity contribution < 1.29 is 38.8 Å². The average Bonchev–Trinajstić information content (AvgIpc) is 3.37. The van der Waals surface area contributed by atoms with E-state index in [0.717, 1.165) is 56.9 Å². The number of carboxylic acid groups (broad SMARTS) is 1. The molecule has 4 fully saturated rings. The predicted molar refractivity (Wildman–Crippen MR) is 202 cm³/mol. The zero-order chi connectivity index (χ0) is 38.7. The van der Waals surface area contributed by atoms with Gasteiger partial charge in [-0.25, -0.2) is 0 Å². The molecule has 0 unspecified atom stereocenters. The first kappa shape index (κ1) is 41.4. The number of rotatable bonds is 14. The van der Waals surface area contributed by atoms with Gasteiger partial charge < -0.3 is 24.4 Å². The molecule has 0 bridgehead atoms. The molecule has 296 valence electrons. The number of Topliss-reactive ketones (excluding diaryl/α,β-unsaturated/α-hetero) is 1. The van der Waals surface area contributed by atoms with Crippen molar-refractivity contribution in [1.82, 2.24) is 4.90 Å². The van der Waals surface area contributed by atoms with Crippen LogP contribution in [0, 0.1) is 56.2 Å². The molecular weight excluding hydrogens is 658 g/mol. The zero-order valence-corrected chi connectivity index (χ0v) is 34.4. The Kier molecular flexibility index (Phi) is 11.7. The highest BCUT2D eigenvalue weighted by Crippen LogP contribution is 2.77. The lowest BCUT2D eigenvalue weighted by Crippen LogP contribution is -2.66. The van der Waals surface area contributed by atoms with Crippen LogP contribution >= 0.6 is 0 Å². The van der Waals surface area contributed by atoms with Crippen molar-refractivity contribution in [2.75, 3.05) is 47.1 Å². The number of hydrogen-bond acceptors (Lipinski definition) is 8. The summed E-state index contributed by atoms with van der Waals surface area (Å²) in [6.45, 7) is 22.7. The fourth-order valence-electron chi connectivity index (χ4n) is 13.1. The van der Waals surface area contributed by atoms with E-state index in [0.29, 0.717) is 51.1 Å². The van der Waals surface area contributed by atoms with E-state index in [2.05, 4.69) is 53.4 Å². The number of aliphatic hydroxyl groups excluding tert-OH is 1. The predicted octanol–water partition coefficient (Wildman–Crippen LogP) is 7.34. The number of carboxylic acids is 1. The number of ether oxygens (including phenoxy) is 3. The Labute approximate surface area is 314 Å². The van der Waals surface area contributed by atoms with Crippen molar-refractivity contribution in [2.45, 2.75) is 139 Å². The molecule has 5 rings (SSSR count). The van der Waals surface area contributed by atoms with Gasteiger partial charge >= 0.3 is 11.9 Å². The number of methoxy groups -OCH3 is 2. The molecule has 9 heteroatoms. The van der Waals surface area contributed by atoms with E-state index in [9.17, 15) is 24.6 Å². The topological polar surface area (TPSA) is 123 Å². The van der Waals surface area contributed by atoms with Crippen molar-refractivity contribution in [3.63, 3.8) is 0 Å². The maximum absolute atomic E-state index is 14.1. The summed E-state index contributed by atoms with van der Waals surface area (Å²) in [5.74, 6) is 0.0264. The van der Waals surface area contributed by atoms with Gasteiger partial charge in [-0.15, -0.1) is 0 Å². The van der Waals surface area contributed by atoms with E-state index in [-0.39, 0.29) is 51.8 Å². The van der Waals surface area contributed by atoms with Gasteiger partial charge in [0.05, 0.1) is 31.2 Å². The van der Waals surface area contributed by atoms with E-state index >= 15 is 0 Å². The lowest BCUT2D eigenvalue weighted by molar-refractivity contribution is -0.235. The second-order valence-electron chi connectivity index (χ2n) is 19.9. The third-order valence-corrected chi connectivity index (χ3v) is 16.2. The van der Waals surface area contributed by atoms with Crippen LogP contribution in [-0.4, -0.2) is 92.1 Å². The van der Waals surface area contributed by atoms with Crippen LogP contribution in [-0.2, 0) is 28.6 Å². The first-order valence-electron chi connectivity index (χ1n) is 20.2. The summed E-state index contributed by atoms with van der Waals surface area (Å²) >= 11 is 0. The highest BCUT2D eigenvalue weighted by atomic mass is 16.5. The van der Waals surface area contributed by atoms with E-state index < -0.39 is 28.9 Å². The Morgan fingerprint density at radius 1 is 0.885 bits per heavy atom. The molecule has 0 aromatic carbocycles. The molecule has 0 aromatic heterocycles. The van der Waals surface area contributed by atoms with E-state index in [1.54, 1.807) is 28.1 Å². The minimum absolute atomic E-state index is 0.0190. The van der Waals surface area contributed by atoms with Crippen LogP contribution in [0.4, 0.5) is 0 Å². The molecule has 0 spiro atoms. The van der Waals surface area contributed by atoms with Gasteiger partial charge in [0.1, 0.15) is 6.10 Å². The van der Waals surface area contributed by atoms with Crippen LogP contribution in [0.15, 0.2) is 11.1 Å². The standard InChI is InChI=1S/C43H71NO8/c1-27(2)35-29(45)24-43(32(46)26-44(20-22-50-10)21-23-51-11)19-18-41(8)28(36(35)43)12-13-31-40(7)16-15-33(52-34(47)25-38(3,4)37(48)49)39(5,6)30(40)14-17-42(31,41)9/h27-28,30-33,46H,12-26H2,1-11H3,(H,48,49)/t28-,30+,31-,32-,33+,40+,41-,42-,43+/m1/s1. The normalized spacial score (nSPS) is 37.7. The Balaban J connectivity index is 1.44. The third-order valence-electron chi connectivity index (χ3n) is 16.2. The fraction of sp³-hybridized carbons (Fsp3) is 0.884. The summed E-state index contributed by atoms with van der Waals surface area (Å²) < 4.78 is 17.0. The van der Waals surface area contributed by atoms with E-state index in [4.69, 9.17) is 14.2 Å². The molecule has 52 heavy (non-hydrogen) atoms. The zero-order valence-electron chi connectivity index (χ0n) is 34.4. The smallest absolute Gasteiger partial charge is 0.309 e. The molecule has 0 aromatic rings. The van der Waals surface area contributed by atoms with E-state index in [1.807, 2.05) is 0 Å². The highest BCUT2D eigenvalue weighted by molar-refractivity contribution is 6.00. The maximum Gasteiger partial charge on any atom is 0.309 e. The summed E-state index contributed by atoms with van der Waals surface area (Å²) in [6.07, 6.45) is 7.16. The van der Waals surface area contributed by atoms with Crippen molar-refractivity contribution in [2.24, 2.45) is 56.2 Å². The van der Waals surface area contributed by atoms with Crippen molar-refractivity contribution in [1.29, 1.82) is 0 Å². The first-order chi connectivity index (χ1) is 24.2. The monoisotopic (exact) mass is 730 g/mol. The lowest BCUT2D eigenvalue weighted by atomic mass is 9.33. The number of esters is 1. The van der Waals surface area contributed by atoms with E-state index in [1.165, 1.54) is 5.57 Å². The van der Waals surface area contributed by atoms with Crippen molar-refractivity contribution in [3.05, 3.63) is 11.1 Å². The molecule has 9 atom stereocenters. The maximum atomic E-state index is 14.1. The molecule has 5 aliphatic carbocycles. The third kappa shape index (κ3) is 6.63. The van der Waals surface area contributed by atoms with Gasteiger partial charge in [-0.1, -0.05) is 54.0 Å².